The maximum absolute atomic E-state index is 12.3. The molecule has 0 N–H and O–H groups in total. The summed E-state index contributed by atoms with van der Waals surface area (Å²) in [5, 5.41) is 3.80. The van der Waals surface area contributed by atoms with E-state index in [-0.39, 0.29) is 6.61 Å². The van der Waals surface area contributed by atoms with E-state index in [2.05, 4.69) is 5.10 Å². The molecule has 0 bridgehead atoms. The van der Waals surface area contributed by atoms with Crippen LogP contribution in [0.1, 0.15) is 11.1 Å². The first-order chi connectivity index (χ1) is 8.05. The maximum Gasteiger partial charge on any atom is 0.416 e. The molecule has 0 unspecified atom stereocenters. The van der Waals surface area contributed by atoms with Crippen molar-refractivity contribution < 1.29 is 18.0 Å². The molecule has 6 heteroatoms. The van der Waals surface area contributed by atoms with Gasteiger partial charge in [0, 0.05) is 0 Å². The van der Waals surface area contributed by atoms with E-state index in [0.717, 1.165) is 12.1 Å². The van der Waals surface area contributed by atoms with E-state index in [9.17, 15) is 13.2 Å². The van der Waals surface area contributed by atoms with Crippen molar-refractivity contribution in [2.45, 2.75) is 12.8 Å². The van der Waals surface area contributed by atoms with E-state index in [1.54, 1.807) is 18.5 Å². The fraction of sp³-hybridized carbons (Fsp3) is 0.182. The van der Waals surface area contributed by atoms with Crippen molar-refractivity contribution >= 4 is 0 Å². The van der Waals surface area contributed by atoms with Crippen LogP contribution in [0.25, 0.3) is 0 Å². The second-order valence-corrected chi connectivity index (χ2v) is 3.38. The molecular weight excluding hydrogens is 233 g/mol. The van der Waals surface area contributed by atoms with Crippen LogP contribution in [0, 0.1) is 0 Å². The molecule has 0 saturated carbocycles. The number of aromatic nitrogens is 2. The summed E-state index contributed by atoms with van der Waals surface area (Å²) in [6.07, 6.45) is -1.15. The first kappa shape index (κ1) is 11.5. The normalized spacial score (nSPS) is 11.5. The summed E-state index contributed by atoms with van der Waals surface area (Å²) in [5.41, 5.74) is -0.0196. The number of hydrogen-bond acceptors (Lipinski definition) is 2. The van der Waals surface area contributed by atoms with E-state index in [0.29, 0.717) is 5.56 Å². The van der Waals surface area contributed by atoms with Crippen LogP contribution in [0.15, 0.2) is 42.7 Å². The lowest BCUT2D eigenvalue weighted by Gasteiger charge is -2.08. The van der Waals surface area contributed by atoms with Crippen LogP contribution in [-0.2, 0) is 12.8 Å². The highest BCUT2D eigenvalue weighted by molar-refractivity contribution is 5.24. The van der Waals surface area contributed by atoms with Gasteiger partial charge in [0.05, 0.1) is 18.0 Å². The van der Waals surface area contributed by atoms with Gasteiger partial charge in [-0.25, -0.2) is 0 Å². The van der Waals surface area contributed by atoms with Gasteiger partial charge in [0.2, 0.25) is 0 Å². The summed E-state index contributed by atoms with van der Waals surface area (Å²) in [7, 11) is 0. The quantitative estimate of drug-likeness (QED) is 0.827. The van der Waals surface area contributed by atoms with Gasteiger partial charge < -0.3 is 4.84 Å². The van der Waals surface area contributed by atoms with Gasteiger partial charge in [0.15, 0.2) is 0 Å². The Morgan fingerprint density at radius 3 is 2.41 bits per heavy atom. The Morgan fingerprint density at radius 2 is 1.88 bits per heavy atom. The second-order valence-electron chi connectivity index (χ2n) is 3.38. The van der Waals surface area contributed by atoms with E-state index in [1.165, 1.54) is 17.0 Å². The summed E-state index contributed by atoms with van der Waals surface area (Å²) < 4.78 is 36.9. The topological polar surface area (TPSA) is 27.1 Å². The van der Waals surface area contributed by atoms with Crippen LogP contribution in [-0.4, -0.2) is 9.94 Å². The molecule has 0 amide bonds. The van der Waals surface area contributed by atoms with Gasteiger partial charge in [0.1, 0.15) is 6.61 Å². The molecule has 0 aliphatic heterocycles. The van der Waals surface area contributed by atoms with E-state index >= 15 is 0 Å². The summed E-state index contributed by atoms with van der Waals surface area (Å²) in [4.78, 5) is 6.43. The molecule has 0 aliphatic carbocycles. The number of alkyl halides is 3. The molecule has 0 fully saturated rings. The Morgan fingerprint density at radius 1 is 1.18 bits per heavy atom. The average molecular weight is 242 g/mol. The third-order valence-electron chi connectivity index (χ3n) is 2.12. The molecule has 0 atom stereocenters. The lowest BCUT2D eigenvalue weighted by atomic mass is 10.1. The summed E-state index contributed by atoms with van der Waals surface area (Å²) in [5.74, 6) is 0. The van der Waals surface area contributed by atoms with Crippen molar-refractivity contribution in [3.63, 3.8) is 0 Å². The Balaban J connectivity index is 1.99. The molecule has 2 aromatic rings. The van der Waals surface area contributed by atoms with E-state index in [4.69, 9.17) is 4.84 Å². The standard InChI is InChI=1S/C11H9F3N2O/c12-11(13,14)10-4-2-9(3-5-10)8-17-16-7-1-6-15-16/h1-7H,8H2. The molecule has 0 saturated heterocycles. The molecule has 1 heterocycles. The molecule has 3 nitrogen and oxygen atoms in total. The van der Waals surface area contributed by atoms with E-state index in [1.807, 2.05) is 0 Å². The van der Waals surface area contributed by atoms with Gasteiger partial charge in [-0.05, 0) is 23.8 Å². The average Bonchev–Trinajstić information content (AvgIpc) is 2.78. The van der Waals surface area contributed by atoms with Crippen LogP contribution in [0.3, 0.4) is 0 Å². The van der Waals surface area contributed by atoms with Crippen LogP contribution in [0.2, 0.25) is 0 Å². The lowest BCUT2D eigenvalue weighted by Crippen LogP contribution is -2.11. The smallest absolute Gasteiger partial charge is 0.392 e. The third-order valence-corrected chi connectivity index (χ3v) is 2.12. The minimum Gasteiger partial charge on any atom is -0.392 e. The summed E-state index contributed by atoms with van der Waals surface area (Å²) in [6.45, 7) is 0.166. The first-order valence-electron chi connectivity index (χ1n) is 4.85. The summed E-state index contributed by atoms with van der Waals surface area (Å²) in [6, 6.07) is 6.51. The highest BCUT2D eigenvalue weighted by Gasteiger charge is 2.29. The van der Waals surface area contributed by atoms with Crippen LogP contribution < -0.4 is 4.84 Å². The molecule has 0 radical (unpaired) electrons. The second kappa shape index (κ2) is 4.48. The highest BCUT2D eigenvalue weighted by atomic mass is 19.4. The predicted molar refractivity (Wildman–Crippen MR) is 54.0 cm³/mol. The van der Waals surface area contributed by atoms with Crippen molar-refractivity contribution in [2.75, 3.05) is 0 Å². The predicted octanol–water partition coefficient (Wildman–Crippen LogP) is 2.53. The fourth-order valence-corrected chi connectivity index (χ4v) is 1.26. The molecule has 2 rings (SSSR count). The number of rotatable bonds is 3. The minimum atomic E-state index is -4.30. The Hall–Kier alpha value is -1.98. The van der Waals surface area contributed by atoms with Crippen molar-refractivity contribution in [2.24, 2.45) is 0 Å². The van der Waals surface area contributed by atoms with Gasteiger partial charge >= 0.3 is 6.18 Å². The molecule has 1 aromatic carbocycles. The summed E-state index contributed by atoms with van der Waals surface area (Å²) >= 11 is 0. The minimum absolute atomic E-state index is 0.166. The number of hydrogen-bond donors (Lipinski definition) is 0. The number of benzene rings is 1. The van der Waals surface area contributed by atoms with Gasteiger partial charge in [-0.3, -0.25) is 0 Å². The van der Waals surface area contributed by atoms with Crippen molar-refractivity contribution in [3.8, 4) is 0 Å². The van der Waals surface area contributed by atoms with Crippen molar-refractivity contribution in [1.82, 2.24) is 9.94 Å². The zero-order valence-corrected chi connectivity index (χ0v) is 8.69. The lowest BCUT2D eigenvalue weighted by molar-refractivity contribution is -0.137. The monoisotopic (exact) mass is 242 g/mol. The van der Waals surface area contributed by atoms with Crippen molar-refractivity contribution in [3.05, 3.63) is 53.9 Å². The number of halogens is 3. The fourth-order valence-electron chi connectivity index (χ4n) is 1.26. The number of nitrogens with zero attached hydrogens (tertiary/aromatic N) is 2. The van der Waals surface area contributed by atoms with E-state index < -0.39 is 11.7 Å². The maximum atomic E-state index is 12.3. The molecular formula is C11H9F3N2O. The van der Waals surface area contributed by atoms with Gasteiger partial charge in [-0.2, -0.15) is 13.2 Å². The molecule has 0 spiro atoms. The molecule has 90 valence electrons. The third kappa shape index (κ3) is 2.99. The van der Waals surface area contributed by atoms with Gasteiger partial charge in [-0.15, -0.1) is 9.94 Å². The van der Waals surface area contributed by atoms with Gasteiger partial charge in [0.25, 0.3) is 0 Å². The van der Waals surface area contributed by atoms with Crippen LogP contribution in [0.5, 0.6) is 0 Å². The Labute approximate surface area is 95.4 Å². The SMILES string of the molecule is FC(F)(F)c1ccc(COn2cccn2)cc1. The highest BCUT2D eigenvalue weighted by Crippen LogP contribution is 2.29. The first-order valence-corrected chi connectivity index (χ1v) is 4.85. The molecule has 17 heavy (non-hydrogen) atoms. The largest absolute Gasteiger partial charge is 0.416 e. The Bertz CT molecular complexity index is 462. The van der Waals surface area contributed by atoms with Crippen LogP contribution in [0.4, 0.5) is 13.2 Å². The van der Waals surface area contributed by atoms with Gasteiger partial charge in [-0.1, -0.05) is 12.1 Å². The van der Waals surface area contributed by atoms with Crippen LogP contribution >= 0.6 is 0 Å². The zero-order valence-electron chi connectivity index (χ0n) is 8.69. The molecule has 1 aromatic heterocycles. The molecule has 0 aliphatic rings. The van der Waals surface area contributed by atoms with Crippen molar-refractivity contribution in [1.29, 1.82) is 0 Å². The zero-order chi connectivity index (χ0) is 12.3. The Kier molecular flexibility index (Phi) is 3.03.